The summed E-state index contributed by atoms with van der Waals surface area (Å²) in [5, 5.41) is 2.24. The molecule has 0 N–H and O–H groups in total. The van der Waals surface area contributed by atoms with Gasteiger partial charge in [0, 0.05) is 27.7 Å². The molecule has 0 aliphatic rings. The Hall–Kier alpha value is -1.77. The molecule has 3 rings (SSSR count). The van der Waals surface area contributed by atoms with Gasteiger partial charge in [-0.2, -0.15) is 0 Å². The molecule has 1 aromatic heterocycles. The van der Waals surface area contributed by atoms with Gasteiger partial charge in [-0.15, -0.1) is 0 Å². The molecular weight excluding hydrogens is 305 g/mol. The number of hydrogen-bond acceptors (Lipinski definition) is 2. The highest BCUT2D eigenvalue weighted by Gasteiger charge is 2.07. The monoisotopic (exact) mass is 317 g/mol. The first kappa shape index (κ1) is 14.2. The number of rotatable bonds is 3. The highest BCUT2D eigenvalue weighted by molar-refractivity contribution is 6.34. The first-order valence-electron chi connectivity index (χ1n) is 6.56. The van der Waals surface area contributed by atoms with Crippen LogP contribution in [0, 0.1) is 6.92 Å². The quantitative estimate of drug-likeness (QED) is 0.642. The van der Waals surface area contributed by atoms with Gasteiger partial charge in [0.25, 0.3) is 0 Å². The first-order valence-corrected chi connectivity index (χ1v) is 7.32. The zero-order valence-electron chi connectivity index (χ0n) is 11.4. The van der Waals surface area contributed by atoms with Crippen LogP contribution >= 0.6 is 23.2 Å². The maximum Gasteiger partial charge on any atom is 0.139 e. The van der Waals surface area contributed by atoms with Crippen molar-refractivity contribution in [3.05, 3.63) is 69.8 Å². The fourth-order valence-corrected chi connectivity index (χ4v) is 2.59. The van der Waals surface area contributed by atoms with Crippen LogP contribution in [0.25, 0.3) is 10.9 Å². The lowest BCUT2D eigenvalue weighted by Crippen LogP contribution is -1.99. The Balaban J connectivity index is 1.93. The summed E-state index contributed by atoms with van der Waals surface area (Å²) >= 11 is 12.1. The van der Waals surface area contributed by atoms with Gasteiger partial charge >= 0.3 is 0 Å². The van der Waals surface area contributed by atoms with Crippen LogP contribution in [0.4, 0.5) is 0 Å². The summed E-state index contributed by atoms with van der Waals surface area (Å²) in [4.78, 5) is 4.52. The molecule has 0 saturated carbocycles. The van der Waals surface area contributed by atoms with Gasteiger partial charge in [-0.05, 0) is 31.2 Å². The van der Waals surface area contributed by atoms with E-state index < -0.39 is 0 Å². The Labute approximate surface area is 133 Å². The lowest BCUT2D eigenvalue weighted by atomic mass is 10.1. The molecule has 21 heavy (non-hydrogen) atoms. The van der Waals surface area contributed by atoms with Crippen molar-refractivity contribution < 1.29 is 4.74 Å². The normalized spacial score (nSPS) is 10.8. The summed E-state index contributed by atoms with van der Waals surface area (Å²) in [6.45, 7) is 2.40. The predicted octanol–water partition coefficient (Wildman–Crippen LogP) is 5.43. The largest absolute Gasteiger partial charge is 0.487 e. The van der Waals surface area contributed by atoms with E-state index in [9.17, 15) is 0 Å². The van der Waals surface area contributed by atoms with Crippen LogP contribution in [-0.2, 0) is 6.61 Å². The van der Waals surface area contributed by atoms with Gasteiger partial charge in [0.15, 0.2) is 0 Å². The van der Waals surface area contributed by atoms with Crippen molar-refractivity contribution >= 4 is 34.1 Å². The average molecular weight is 318 g/mol. The van der Waals surface area contributed by atoms with E-state index in [2.05, 4.69) is 4.98 Å². The van der Waals surface area contributed by atoms with Crippen molar-refractivity contribution in [2.45, 2.75) is 13.5 Å². The van der Waals surface area contributed by atoms with E-state index in [1.807, 2.05) is 37.3 Å². The molecule has 0 amide bonds. The highest BCUT2D eigenvalue weighted by Crippen LogP contribution is 2.29. The maximum absolute atomic E-state index is 6.12. The van der Waals surface area contributed by atoms with Gasteiger partial charge in [0.1, 0.15) is 12.4 Å². The van der Waals surface area contributed by atoms with Crippen molar-refractivity contribution in [3.8, 4) is 5.75 Å². The molecule has 4 heteroatoms. The summed E-state index contributed by atoms with van der Waals surface area (Å²) in [7, 11) is 0. The molecule has 0 atom stereocenters. The van der Waals surface area contributed by atoms with Crippen LogP contribution in [0.3, 0.4) is 0 Å². The standard InChI is InChI=1S/C17H13Cl2NO/c1-11-8-12(14-4-2-3-5-16(14)20-11)10-21-17-9-13(18)6-7-15(17)19/h2-9H,10H2,1H3. The number of benzene rings is 2. The second-order valence-electron chi connectivity index (χ2n) is 4.80. The zero-order valence-corrected chi connectivity index (χ0v) is 12.9. The van der Waals surface area contributed by atoms with Gasteiger partial charge in [0.2, 0.25) is 0 Å². The Morgan fingerprint density at radius 1 is 1.05 bits per heavy atom. The number of pyridine rings is 1. The van der Waals surface area contributed by atoms with Crippen LogP contribution in [0.2, 0.25) is 10.0 Å². The fraction of sp³-hybridized carbons (Fsp3) is 0.118. The Bertz CT molecular complexity index is 802. The molecule has 0 fully saturated rings. The fourth-order valence-electron chi connectivity index (χ4n) is 2.26. The number of hydrogen-bond donors (Lipinski definition) is 0. The molecule has 2 nitrogen and oxygen atoms in total. The highest BCUT2D eigenvalue weighted by atomic mass is 35.5. The molecular formula is C17H13Cl2NO. The van der Waals surface area contributed by atoms with Crippen molar-refractivity contribution in [2.75, 3.05) is 0 Å². The molecule has 0 saturated heterocycles. The molecule has 0 unspecified atom stereocenters. The van der Waals surface area contributed by atoms with E-state index in [-0.39, 0.29) is 0 Å². The molecule has 106 valence electrons. The summed E-state index contributed by atoms with van der Waals surface area (Å²) < 4.78 is 5.82. The topological polar surface area (TPSA) is 22.1 Å². The van der Waals surface area contributed by atoms with Crippen molar-refractivity contribution in [3.63, 3.8) is 0 Å². The minimum atomic E-state index is 0.421. The minimum Gasteiger partial charge on any atom is -0.487 e. The third kappa shape index (κ3) is 3.12. The maximum atomic E-state index is 6.12. The predicted molar refractivity (Wildman–Crippen MR) is 87.3 cm³/mol. The number of ether oxygens (including phenoxy) is 1. The SMILES string of the molecule is Cc1cc(COc2cc(Cl)ccc2Cl)c2ccccc2n1. The molecule has 3 aromatic rings. The van der Waals surface area contributed by atoms with Gasteiger partial charge in [-0.3, -0.25) is 4.98 Å². The smallest absolute Gasteiger partial charge is 0.139 e. The second-order valence-corrected chi connectivity index (χ2v) is 5.65. The van der Waals surface area contributed by atoms with E-state index in [1.54, 1.807) is 18.2 Å². The number of halogens is 2. The average Bonchev–Trinajstić information content (AvgIpc) is 2.47. The number of para-hydroxylation sites is 1. The lowest BCUT2D eigenvalue weighted by Gasteiger charge is -2.11. The molecule has 0 bridgehead atoms. The summed E-state index contributed by atoms with van der Waals surface area (Å²) in [6, 6.07) is 15.2. The summed E-state index contributed by atoms with van der Waals surface area (Å²) in [5.74, 6) is 0.586. The van der Waals surface area contributed by atoms with Crippen molar-refractivity contribution in [2.24, 2.45) is 0 Å². The van der Waals surface area contributed by atoms with Crippen LogP contribution in [0.1, 0.15) is 11.3 Å². The van der Waals surface area contributed by atoms with Crippen LogP contribution in [0.5, 0.6) is 5.75 Å². The molecule has 1 heterocycles. The van der Waals surface area contributed by atoms with E-state index in [4.69, 9.17) is 27.9 Å². The van der Waals surface area contributed by atoms with Crippen LogP contribution in [0.15, 0.2) is 48.5 Å². The third-order valence-electron chi connectivity index (χ3n) is 3.21. The summed E-state index contributed by atoms with van der Waals surface area (Å²) in [5.41, 5.74) is 3.01. The van der Waals surface area contributed by atoms with E-state index in [0.717, 1.165) is 22.2 Å². The Morgan fingerprint density at radius 2 is 1.86 bits per heavy atom. The van der Waals surface area contributed by atoms with E-state index in [0.29, 0.717) is 22.4 Å². The van der Waals surface area contributed by atoms with E-state index in [1.165, 1.54) is 0 Å². The van der Waals surface area contributed by atoms with Gasteiger partial charge in [-0.1, -0.05) is 41.4 Å². The third-order valence-corrected chi connectivity index (χ3v) is 3.75. The van der Waals surface area contributed by atoms with Crippen molar-refractivity contribution in [1.29, 1.82) is 0 Å². The molecule has 0 radical (unpaired) electrons. The van der Waals surface area contributed by atoms with Gasteiger partial charge in [0.05, 0.1) is 10.5 Å². The van der Waals surface area contributed by atoms with E-state index >= 15 is 0 Å². The van der Waals surface area contributed by atoms with Crippen LogP contribution in [-0.4, -0.2) is 4.98 Å². The molecule has 0 spiro atoms. The number of nitrogens with zero attached hydrogens (tertiary/aromatic N) is 1. The van der Waals surface area contributed by atoms with Crippen molar-refractivity contribution in [1.82, 2.24) is 4.98 Å². The number of fused-ring (bicyclic) bond motifs is 1. The minimum absolute atomic E-state index is 0.421. The Kier molecular flexibility index (Phi) is 4.00. The van der Waals surface area contributed by atoms with Crippen LogP contribution < -0.4 is 4.74 Å². The Morgan fingerprint density at radius 3 is 2.71 bits per heavy atom. The summed E-state index contributed by atoms with van der Waals surface area (Å²) in [6.07, 6.45) is 0. The van der Waals surface area contributed by atoms with Gasteiger partial charge < -0.3 is 4.74 Å². The molecule has 0 aliphatic heterocycles. The number of aromatic nitrogens is 1. The number of aryl methyl sites for hydroxylation is 1. The second kappa shape index (κ2) is 5.92. The first-order chi connectivity index (χ1) is 10.1. The lowest BCUT2D eigenvalue weighted by molar-refractivity contribution is 0.308. The molecule has 2 aromatic carbocycles. The zero-order chi connectivity index (χ0) is 14.8. The van der Waals surface area contributed by atoms with Gasteiger partial charge in [-0.25, -0.2) is 0 Å². The molecule has 0 aliphatic carbocycles.